The molecule has 1 aromatic rings. The minimum Gasteiger partial charge on any atom is -0.371 e. The Labute approximate surface area is 116 Å². The summed E-state index contributed by atoms with van der Waals surface area (Å²) in [7, 11) is 0. The fraction of sp³-hybridized carbons (Fsp3) is 0.600. The summed E-state index contributed by atoms with van der Waals surface area (Å²) in [4.78, 5) is 2.31. The molecule has 1 aromatic carbocycles. The van der Waals surface area contributed by atoms with E-state index >= 15 is 0 Å². The summed E-state index contributed by atoms with van der Waals surface area (Å²) in [5.41, 5.74) is 2.55. The average molecular weight is 269 g/mol. The number of hydrogen-bond donors (Lipinski definition) is 1. The third kappa shape index (κ3) is 4.18. The molecule has 0 heterocycles. The van der Waals surface area contributed by atoms with E-state index in [1.54, 1.807) is 0 Å². The van der Waals surface area contributed by atoms with E-state index in [1.807, 2.05) is 12.1 Å². The van der Waals surface area contributed by atoms with E-state index < -0.39 is 0 Å². The second-order valence-corrected chi connectivity index (χ2v) is 5.93. The fourth-order valence-corrected chi connectivity index (χ4v) is 2.27. The van der Waals surface area contributed by atoms with Crippen molar-refractivity contribution < 1.29 is 0 Å². The lowest BCUT2D eigenvalue weighted by atomic mass is 10.1. The van der Waals surface area contributed by atoms with Gasteiger partial charge in [-0.3, -0.25) is 0 Å². The molecule has 0 unspecified atom stereocenters. The van der Waals surface area contributed by atoms with E-state index in [-0.39, 0.29) is 5.54 Å². The highest BCUT2D eigenvalue weighted by atomic mass is 35.5. The van der Waals surface area contributed by atoms with E-state index in [2.05, 4.69) is 50.9 Å². The second-order valence-electron chi connectivity index (χ2n) is 5.52. The Balaban J connectivity index is 3.00. The molecule has 0 bridgehead atoms. The summed E-state index contributed by atoms with van der Waals surface area (Å²) in [5, 5.41) is 4.36. The van der Waals surface area contributed by atoms with Crippen LogP contribution in [0.15, 0.2) is 18.2 Å². The first-order valence-electron chi connectivity index (χ1n) is 6.66. The van der Waals surface area contributed by atoms with Gasteiger partial charge in [0, 0.05) is 25.2 Å². The van der Waals surface area contributed by atoms with E-state index in [0.29, 0.717) is 0 Å². The number of halogens is 1. The van der Waals surface area contributed by atoms with Crippen LogP contribution < -0.4 is 10.2 Å². The zero-order valence-corrected chi connectivity index (χ0v) is 12.9. The van der Waals surface area contributed by atoms with Gasteiger partial charge < -0.3 is 10.2 Å². The van der Waals surface area contributed by atoms with Gasteiger partial charge in [0.1, 0.15) is 0 Å². The molecule has 0 spiro atoms. The van der Waals surface area contributed by atoms with Gasteiger partial charge in [-0.15, -0.1) is 0 Å². The zero-order valence-electron chi connectivity index (χ0n) is 12.2. The van der Waals surface area contributed by atoms with E-state index in [4.69, 9.17) is 11.6 Å². The Kier molecular flexibility index (Phi) is 5.48. The predicted octanol–water partition coefficient (Wildman–Crippen LogP) is 4.07. The van der Waals surface area contributed by atoms with Crippen LogP contribution in [0.25, 0.3) is 0 Å². The SMILES string of the molecule is CCN(CC)c1c(Cl)cccc1CNC(C)(C)C. The predicted molar refractivity (Wildman–Crippen MR) is 81.6 cm³/mol. The molecule has 102 valence electrons. The Bertz CT molecular complexity index is 379. The number of anilines is 1. The minimum absolute atomic E-state index is 0.114. The van der Waals surface area contributed by atoms with E-state index in [9.17, 15) is 0 Å². The van der Waals surface area contributed by atoms with Gasteiger partial charge in [0.05, 0.1) is 10.7 Å². The molecular weight excluding hydrogens is 244 g/mol. The summed E-state index contributed by atoms with van der Waals surface area (Å²) in [5.74, 6) is 0. The molecule has 0 amide bonds. The van der Waals surface area contributed by atoms with Crippen LogP contribution in [0.1, 0.15) is 40.2 Å². The molecule has 0 aliphatic carbocycles. The van der Waals surface area contributed by atoms with Crippen molar-refractivity contribution in [2.75, 3.05) is 18.0 Å². The van der Waals surface area contributed by atoms with Gasteiger partial charge >= 0.3 is 0 Å². The third-order valence-corrected chi connectivity index (χ3v) is 3.26. The van der Waals surface area contributed by atoms with Gasteiger partial charge in [0.25, 0.3) is 0 Å². The normalized spacial score (nSPS) is 11.7. The molecule has 0 atom stereocenters. The lowest BCUT2D eigenvalue weighted by molar-refractivity contribution is 0.424. The molecule has 0 aromatic heterocycles. The van der Waals surface area contributed by atoms with Gasteiger partial charge in [-0.1, -0.05) is 23.7 Å². The molecule has 1 rings (SSSR count). The zero-order chi connectivity index (χ0) is 13.8. The highest BCUT2D eigenvalue weighted by molar-refractivity contribution is 6.33. The van der Waals surface area contributed by atoms with E-state index in [1.165, 1.54) is 11.3 Å². The number of benzene rings is 1. The molecule has 2 nitrogen and oxygen atoms in total. The monoisotopic (exact) mass is 268 g/mol. The van der Waals surface area contributed by atoms with E-state index in [0.717, 1.165) is 24.7 Å². The van der Waals surface area contributed by atoms with Crippen LogP contribution in [-0.2, 0) is 6.54 Å². The Morgan fingerprint density at radius 2 is 1.78 bits per heavy atom. The number of hydrogen-bond acceptors (Lipinski definition) is 2. The number of para-hydroxylation sites is 1. The maximum Gasteiger partial charge on any atom is 0.0642 e. The van der Waals surface area contributed by atoms with Gasteiger partial charge in [-0.05, 0) is 46.2 Å². The van der Waals surface area contributed by atoms with Crippen LogP contribution in [-0.4, -0.2) is 18.6 Å². The standard InChI is InChI=1S/C15H25ClN2/c1-6-18(7-2)14-12(9-8-10-13(14)16)11-17-15(3,4)5/h8-10,17H,6-7,11H2,1-5H3. The van der Waals surface area contributed by atoms with Crippen LogP contribution in [0, 0.1) is 0 Å². The number of rotatable bonds is 5. The van der Waals surface area contributed by atoms with Crippen molar-refractivity contribution in [3.8, 4) is 0 Å². The fourth-order valence-electron chi connectivity index (χ4n) is 1.96. The Morgan fingerprint density at radius 3 is 2.28 bits per heavy atom. The van der Waals surface area contributed by atoms with Crippen molar-refractivity contribution >= 4 is 17.3 Å². The highest BCUT2D eigenvalue weighted by Gasteiger charge is 2.15. The summed E-state index contributed by atoms with van der Waals surface area (Å²) in [6, 6.07) is 6.14. The molecule has 0 saturated carbocycles. The minimum atomic E-state index is 0.114. The average Bonchev–Trinajstić information content (AvgIpc) is 2.29. The molecule has 0 aliphatic heterocycles. The molecule has 3 heteroatoms. The van der Waals surface area contributed by atoms with Gasteiger partial charge in [-0.2, -0.15) is 0 Å². The van der Waals surface area contributed by atoms with Crippen LogP contribution >= 0.6 is 11.6 Å². The first-order valence-corrected chi connectivity index (χ1v) is 7.04. The van der Waals surface area contributed by atoms with Crippen molar-refractivity contribution in [3.63, 3.8) is 0 Å². The quantitative estimate of drug-likeness (QED) is 0.866. The first kappa shape index (κ1) is 15.3. The number of nitrogens with zero attached hydrogens (tertiary/aromatic N) is 1. The lowest BCUT2D eigenvalue weighted by Gasteiger charge is -2.27. The Morgan fingerprint density at radius 1 is 1.17 bits per heavy atom. The van der Waals surface area contributed by atoms with Crippen molar-refractivity contribution in [1.29, 1.82) is 0 Å². The van der Waals surface area contributed by atoms with Crippen LogP contribution in [0.2, 0.25) is 5.02 Å². The van der Waals surface area contributed by atoms with Gasteiger partial charge in [0.2, 0.25) is 0 Å². The maximum absolute atomic E-state index is 6.36. The second kappa shape index (κ2) is 6.44. The lowest BCUT2D eigenvalue weighted by Crippen LogP contribution is -2.35. The first-order chi connectivity index (χ1) is 8.39. The number of nitrogens with one attached hydrogen (secondary N) is 1. The van der Waals surface area contributed by atoms with Crippen molar-refractivity contribution in [1.82, 2.24) is 5.32 Å². The van der Waals surface area contributed by atoms with Crippen molar-refractivity contribution in [2.45, 2.75) is 46.7 Å². The molecule has 1 N–H and O–H groups in total. The Hall–Kier alpha value is -0.730. The van der Waals surface area contributed by atoms with Gasteiger partial charge in [0.15, 0.2) is 0 Å². The van der Waals surface area contributed by atoms with Crippen molar-refractivity contribution in [3.05, 3.63) is 28.8 Å². The molecule has 0 saturated heterocycles. The largest absolute Gasteiger partial charge is 0.371 e. The summed E-state index contributed by atoms with van der Waals surface area (Å²) < 4.78 is 0. The summed E-state index contributed by atoms with van der Waals surface area (Å²) in [6.45, 7) is 13.6. The van der Waals surface area contributed by atoms with Crippen LogP contribution in [0.5, 0.6) is 0 Å². The third-order valence-electron chi connectivity index (χ3n) is 2.96. The molecule has 0 aliphatic rings. The molecular formula is C15H25ClN2. The molecule has 0 fully saturated rings. The topological polar surface area (TPSA) is 15.3 Å². The van der Waals surface area contributed by atoms with Crippen LogP contribution in [0.4, 0.5) is 5.69 Å². The highest BCUT2D eigenvalue weighted by Crippen LogP contribution is 2.30. The smallest absolute Gasteiger partial charge is 0.0642 e. The van der Waals surface area contributed by atoms with Crippen molar-refractivity contribution in [2.24, 2.45) is 0 Å². The summed E-state index contributed by atoms with van der Waals surface area (Å²) >= 11 is 6.36. The summed E-state index contributed by atoms with van der Waals surface area (Å²) in [6.07, 6.45) is 0. The van der Waals surface area contributed by atoms with Gasteiger partial charge in [-0.25, -0.2) is 0 Å². The molecule has 0 radical (unpaired) electrons. The molecule has 18 heavy (non-hydrogen) atoms. The van der Waals surface area contributed by atoms with Crippen LogP contribution in [0.3, 0.4) is 0 Å². The maximum atomic E-state index is 6.36.